The van der Waals surface area contributed by atoms with Gasteiger partial charge in [0, 0.05) is 18.1 Å². The molecule has 1 unspecified atom stereocenters. The Labute approximate surface area is 106 Å². The van der Waals surface area contributed by atoms with Gasteiger partial charge in [0.1, 0.15) is 0 Å². The summed E-state index contributed by atoms with van der Waals surface area (Å²) in [4.78, 5) is 16.0. The molecule has 1 amide bonds. The average molecular weight is 243 g/mol. The van der Waals surface area contributed by atoms with Crippen LogP contribution >= 0.6 is 0 Å². The number of nitrogens with two attached hydrogens (primary N) is 1. The maximum atomic E-state index is 11.6. The van der Waals surface area contributed by atoms with Crippen molar-refractivity contribution in [3.8, 4) is 0 Å². The second kappa shape index (κ2) is 5.60. The van der Waals surface area contributed by atoms with Crippen molar-refractivity contribution in [2.45, 2.75) is 25.9 Å². The summed E-state index contributed by atoms with van der Waals surface area (Å²) in [5.74, 6) is -0.120. The molecule has 1 heterocycles. The van der Waals surface area contributed by atoms with Crippen LogP contribution in [0.1, 0.15) is 18.9 Å². The monoisotopic (exact) mass is 243 g/mol. The number of rotatable bonds is 4. The lowest BCUT2D eigenvalue weighted by Crippen LogP contribution is -2.39. The third-order valence-corrected chi connectivity index (χ3v) is 2.95. The molecule has 0 aliphatic carbocycles. The Bertz CT molecular complexity index is 548. The highest BCUT2D eigenvalue weighted by atomic mass is 16.2. The first kappa shape index (κ1) is 12.5. The van der Waals surface area contributed by atoms with Crippen LogP contribution in [0.2, 0.25) is 0 Å². The number of para-hydroxylation sites is 1. The largest absolute Gasteiger partial charge is 0.351 e. The highest BCUT2D eigenvalue weighted by Gasteiger charge is 2.10. The molecule has 0 saturated heterocycles. The summed E-state index contributed by atoms with van der Waals surface area (Å²) in [6.45, 7) is 2.35. The molecule has 0 bridgehead atoms. The highest BCUT2D eigenvalue weighted by Crippen LogP contribution is 2.15. The Morgan fingerprint density at radius 2 is 2.17 bits per heavy atom. The van der Waals surface area contributed by atoms with Gasteiger partial charge in [0.25, 0.3) is 0 Å². The summed E-state index contributed by atoms with van der Waals surface area (Å²) in [6, 6.07) is 9.40. The first-order chi connectivity index (χ1) is 8.72. The molecular weight excluding hydrogens is 226 g/mol. The third-order valence-electron chi connectivity index (χ3n) is 2.95. The predicted molar refractivity (Wildman–Crippen MR) is 71.9 cm³/mol. The zero-order chi connectivity index (χ0) is 13.0. The smallest absolute Gasteiger partial charge is 0.237 e. The van der Waals surface area contributed by atoms with Gasteiger partial charge in [-0.05, 0) is 18.1 Å². The van der Waals surface area contributed by atoms with E-state index in [1.54, 1.807) is 6.20 Å². The SMILES string of the molecule is CCC(N)C(=O)NCc1cccc2cccnc12. The number of fused-ring (bicyclic) bond motifs is 1. The second-order valence-electron chi connectivity index (χ2n) is 4.22. The van der Waals surface area contributed by atoms with E-state index in [1.165, 1.54) is 0 Å². The minimum absolute atomic E-state index is 0.120. The van der Waals surface area contributed by atoms with Crippen LogP contribution in [0, 0.1) is 0 Å². The Hall–Kier alpha value is -1.94. The van der Waals surface area contributed by atoms with E-state index < -0.39 is 6.04 Å². The van der Waals surface area contributed by atoms with Crippen LogP contribution in [0.25, 0.3) is 10.9 Å². The van der Waals surface area contributed by atoms with Gasteiger partial charge in [-0.25, -0.2) is 0 Å². The normalized spacial score (nSPS) is 12.3. The third kappa shape index (κ3) is 2.65. The Morgan fingerprint density at radius 1 is 1.39 bits per heavy atom. The van der Waals surface area contributed by atoms with Crippen molar-refractivity contribution in [2.75, 3.05) is 0 Å². The van der Waals surface area contributed by atoms with Crippen LogP contribution < -0.4 is 11.1 Å². The molecule has 1 aromatic carbocycles. The van der Waals surface area contributed by atoms with E-state index in [1.807, 2.05) is 37.3 Å². The summed E-state index contributed by atoms with van der Waals surface area (Å²) in [6.07, 6.45) is 2.39. The number of amides is 1. The molecular formula is C14H17N3O. The van der Waals surface area contributed by atoms with Crippen molar-refractivity contribution in [3.05, 3.63) is 42.1 Å². The average Bonchev–Trinajstić information content (AvgIpc) is 2.43. The number of nitrogens with one attached hydrogen (secondary N) is 1. The van der Waals surface area contributed by atoms with Gasteiger partial charge < -0.3 is 11.1 Å². The molecule has 1 atom stereocenters. The molecule has 2 aromatic rings. The fourth-order valence-electron chi connectivity index (χ4n) is 1.81. The molecule has 4 nitrogen and oxygen atoms in total. The summed E-state index contributed by atoms with van der Waals surface area (Å²) >= 11 is 0. The minimum atomic E-state index is -0.437. The first-order valence-electron chi connectivity index (χ1n) is 6.08. The lowest BCUT2D eigenvalue weighted by molar-refractivity contribution is -0.122. The van der Waals surface area contributed by atoms with Gasteiger partial charge in [0.2, 0.25) is 5.91 Å². The van der Waals surface area contributed by atoms with E-state index in [0.29, 0.717) is 13.0 Å². The fourth-order valence-corrected chi connectivity index (χ4v) is 1.81. The standard InChI is InChI=1S/C14H17N3O/c1-2-12(15)14(18)17-9-11-6-3-5-10-7-4-8-16-13(10)11/h3-8,12H,2,9,15H2,1H3,(H,17,18). The summed E-state index contributed by atoms with van der Waals surface area (Å²) in [7, 11) is 0. The lowest BCUT2D eigenvalue weighted by atomic mass is 10.1. The van der Waals surface area contributed by atoms with Crippen molar-refractivity contribution in [1.29, 1.82) is 0 Å². The maximum Gasteiger partial charge on any atom is 0.237 e. The van der Waals surface area contributed by atoms with Gasteiger partial charge in [0.15, 0.2) is 0 Å². The maximum absolute atomic E-state index is 11.6. The van der Waals surface area contributed by atoms with Crippen LogP contribution in [-0.2, 0) is 11.3 Å². The minimum Gasteiger partial charge on any atom is -0.351 e. The quantitative estimate of drug-likeness (QED) is 0.856. The number of aromatic nitrogens is 1. The van der Waals surface area contributed by atoms with E-state index in [4.69, 9.17) is 5.73 Å². The van der Waals surface area contributed by atoms with Gasteiger partial charge in [-0.3, -0.25) is 9.78 Å². The molecule has 94 valence electrons. The van der Waals surface area contributed by atoms with Gasteiger partial charge in [-0.1, -0.05) is 31.2 Å². The van der Waals surface area contributed by atoms with Gasteiger partial charge in [0.05, 0.1) is 11.6 Å². The zero-order valence-corrected chi connectivity index (χ0v) is 10.4. The van der Waals surface area contributed by atoms with Gasteiger partial charge >= 0.3 is 0 Å². The van der Waals surface area contributed by atoms with Crippen LogP contribution in [-0.4, -0.2) is 16.9 Å². The molecule has 4 heteroatoms. The van der Waals surface area contributed by atoms with Crippen LogP contribution in [0.3, 0.4) is 0 Å². The number of nitrogens with zero attached hydrogens (tertiary/aromatic N) is 1. The topological polar surface area (TPSA) is 68.0 Å². The number of carbonyl (C=O) groups is 1. The summed E-state index contributed by atoms with van der Waals surface area (Å²) in [5, 5.41) is 3.91. The number of benzene rings is 1. The van der Waals surface area contributed by atoms with Crippen LogP contribution in [0.4, 0.5) is 0 Å². The highest BCUT2D eigenvalue weighted by molar-refractivity contribution is 5.84. The number of hydrogen-bond donors (Lipinski definition) is 2. The van der Waals surface area contributed by atoms with Gasteiger partial charge in [-0.2, -0.15) is 0 Å². The van der Waals surface area contributed by atoms with E-state index in [9.17, 15) is 4.79 Å². The van der Waals surface area contributed by atoms with Crippen LogP contribution in [0.5, 0.6) is 0 Å². The fraction of sp³-hybridized carbons (Fsp3) is 0.286. The number of pyridine rings is 1. The molecule has 3 N–H and O–H groups in total. The number of carbonyl (C=O) groups excluding carboxylic acids is 1. The van der Waals surface area contributed by atoms with E-state index in [-0.39, 0.29) is 5.91 Å². The van der Waals surface area contributed by atoms with E-state index in [2.05, 4.69) is 10.3 Å². The molecule has 2 rings (SSSR count). The Kier molecular flexibility index (Phi) is 3.89. The molecule has 0 radical (unpaired) electrons. The molecule has 0 fully saturated rings. The predicted octanol–water partition coefficient (Wildman–Crippen LogP) is 1.59. The molecule has 0 spiro atoms. The Balaban J connectivity index is 2.15. The zero-order valence-electron chi connectivity index (χ0n) is 10.4. The van der Waals surface area contributed by atoms with Gasteiger partial charge in [-0.15, -0.1) is 0 Å². The molecule has 0 aliphatic rings. The van der Waals surface area contributed by atoms with E-state index >= 15 is 0 Å². The van der Waals surface area contributed by atoms with Crippen molar-refractivity contribution in [1.82, 2.24) is 10.3 Å². The van der Waals surface area contributed by atoms with Crippen molar-refractivity contribution in [3.63, 3.8) is 0 Å². The molecule has 0 aliphatic heterocycles. The molecule has 0 saturated carbocycles. The Morgan fingerprint density at radius 3 is 2.94 bits per heavy atom. The van der Waals surface area contributed by atoms with Crippen molar-refractivity contribution >= 4 is 16.8 Å². The molecule has 1 aromatic heterocycles. The number of hydrogen-bond acceptors (Lipinski definition) is 3. The van der Waals surface area contributed by atoms with Crippen molar-refractivity contribution < 1.29 is 4.79 Å². The van der Waals surface area contributed by atoms with Crippen LogP contribution in [0.15, 0.2) is 36.5 Å². The summed E-state index contributed by atoms with van der Waals surface area (Å²) in [5.41, 5.74) is 7.59. The summed E-state index contributed by atoms with van der Waals surface area (Å²) < 4.78 is 0. The first-order valence-corrected chi connectivity index (χ1v) is 6.08. The second-order valence-corrected chi connectivity index (χ2v) is 4.22. The van der Waals surface area contributed by atoms with Crippen molar-refractivity contribution in [2.24, 2.45) is 5.73 Å². The molecule has 18 heavy (non-hydrogen) atoms. The van der Waals surface area contributed by atoms with E-state index in [0.717, 1.165) is 16.5 Å². The lowest BCUT2D eigenvalue weighted by Gasteiger charge is -2.11.